The van der Waals surface area contributed by atoms with Crippen molar-refractivity contribution < 1.29 is 0 Å². The molecule has 52 valence electrons. The van der Waals surface area contributed by atoms with Crippen LogP contribution in [0.5, 0.6) is 0 Å². The highest BCUT2D eigenvalue weighted by Crippen LogP contribution is 1.86. The smallest absolute Gasteiger partial charge is 0.0865 e. The lowest BCUT2D eigenvalue weighted by Gasteiger charge is -1.77. The number of hydrogen-bond acceptors (Lipinski definition) is 1. The fourth-order valence-electron chi connectivity index (χ4n) is 0.478. The lowest BCUT2D eigenvalue weighted by Crippen LogP contribution is -1.82. The number of isothiocyanates is 1. The number of benzene rings is 1. The first-order valence-electron chi connectivity index (χ1n) is 2.69. The van der Waals surface area contributed by atoms with E-state index in [1.165, 1.54) is 10.5 Å². The number of nitrogens with zero attached hydrogens (tertiary/aromatic N) is 1. The van der Waals surface area contributed by atoms with Gasteiger partial charge < -0.3 is 5.41 Å². The van der Waals surface area contributed by atoms with Crippen LogP contribution in [0.4, 0.5) is 0 Å². The van der Waals surface area contributed by atoms with Crippen molar-refractivity contribution in [3.8, 4) is 0 Å². The predicted molar refractivity (Wildman–Crippen MR) is 53.1 cm³/mol. The van der Waals surface area contributed by atoms with Gasteiger partial charge in [0.15, 0.2) is 0 Å². The van der Waals surface area contributed by atoms with Crippen LogP contribution < -0.4 is 5.30 Å². The summed E-state index contributed by atoms with van der Waals surface area (Å²) in [7, 11) is 1.90. The third-order valence-electron chi connectivity index (χ3n) is 0.843. The lowest BCUT2D eigenvalue weighted by atomic mass is 10.4. The molecule has 0 bridgehead atoms. The third-order valence-corrected chi connectivity index (χ3v) is 1.31. The zero-order chi connectivity index (χ0) is 7.82. The van der Waals surface area contributed by atoms with Gasteiger partial charge in [-0.1, -0.05) is 30.4 Å². The van der Waals surface area contributed by atoms with Gasteiger partial charge in [-0.25, -0.2) is 0 Å². The molecule has 0 aliphatic carbocycles. The van der Waals surface area contributed by atoms with Crippen LogP contribution in [-0.2, 0) is 0 Å². The summed E-state index contributed by atoms with van der Waals surface area (Å²) in [4.78, 5) is 0. The van der Waals surface area contributed by atoms with Gasteiger partial charge in [-0.3, -0.25) is 0 Å². The van der Waals surface area contributed by atoms with Crippen LogP contribution in [0.1, 0.15) is 0 Å². The molecule has 3 heteroatoms. The Morgan fingerprint density at radius 3 is 1.90 bits per heavy atom. The molecule has 0 aliphatic heterocycles. The van der Waals surface area contributed by atoms with Crippen molar-refractivity contribution in [2.75, 3.05) is 0 Å². The molecule has 1 aromatic carbocycles. The second kappa shape index (κ2) is 6.57. The SMILES string of the molecule is [N-]=C=S.[PH3+]c1ccccc1. The minimum Gasteiger partial charge on any atom is -0.753 e. The van der Waals surface area contributed by atoms with Gasteiger partial charge in [0.1, 0.15) is 0 Å². The Morgan fingerprint density at radius 2 is 1.70 bits per heavy atom. The molecule has 0 N–H and O–H groups in total. The Hall–Kier alpha value is -0.550. The average Bonchev–Trinajstić information content (AvgIpc) is 1.91. The van der Waals surface area contributed by atoms with E-state index in [1.807, 2.05) is 27.4 Å². The highest BCUT2D eigenvalue weighted by atomic mass is 32.1. The summed E-state index contributed by atoms with van der Waals surface area (Å²) in [6.45, 7) is 0. The van der Waals surface area contributed by atoms with Gasteiger partial charge in [0, 0.05) is 9.24 Å². The molecule has 10 heavy (non-hydrogen) atoms. The standard InChI is InChI=1S/C6H7P.CNS/c7-6-4-2-1-3-5-6;2-1-3/h1-5H,7H2;/q;-1/p+1. The summed E-state index contributed by atoms with van der Waals surface area (Å²) < 4.78 is 0. The van der Waals surface area contributed by atoms with E-state index in [9.17, 15) is 0 Å². The van der Waals surface area contributed by atoms with E-state index in [0.29, 0.717) is 0 Å². The Bertz CT molecular complexity index is 204. The quantitative estimate of drug-likeness (QED) is 0.328. The molecular weight excluding hydrogens is 161 g/mol. The maximum Gasteiger partial charge on any atom is 0.0865 e. The minimum absolute atomic E-state index is 1.33. The highest BCUT2D eigenvalue weighted by Gasteiger charge is 1.78. The third kappa shape index (κ3) is 5.58. The molecule has 0 spiro atoms. The molecule has 0 amide bonds. The van der Waals surface area contributed by atoms with Crippen LogP contribution in [-0.4, -0.2) is 5.16 Å². The monoisotopic (exact) mass is 169 g/mol. The molecule has 0 saturated carbocycles. The Labute approximate surface area is 68.2 Å². The van der Waals surface area contributed by atoms with Crippen LogP contribution in [0, 0.1) is 0 Å². The summed E-state index contributed by atoms with van der Waals surface area (Å²) in [6, 6.07) is 10.3. The van der Waals surface area contributed by atoms with Crippen molar-refractivity contribution in [3.05, 3.63) is 35.7 Å². The average molecular weight is 169 g/mol. The van der Waals surface area contributed by atoms with E-state index in [4.69, 9.17) is 5.41 Å². The fraction of sp³-hybridized carbons (Fsp3) is 0. The second-order valence-electron chi connectivity index (χ2n) is 1.58. The minimum atomic E-state index is 1.33. The van der Waals surface area contributed by atoms with Gasteiger partial charge in [0.2, 0.25) is 0 Å². The first-order chi connectivity index (χ1) is 4.81. The maximum atomic E-state index is 7.13. The zero-order valence-corrected chi connectivity index (χ0v) is 7.68. The van der Waals surface area contributed by atoms with Crippen molar-refractivity contribution in [2.24, 2.45) is 0 Å². The van der Waals surface area contributed by atoms with Crippen LogP contribution >= 0.6 is 21.5 Å². The molecule has 1 rings (SSSR count). The van der Waals surface area contributed by atoms with E-state index in [1.54, 1.807) is 0 Å². The summed E-state index contributed by atoms with van der Waals surface area (Å²) in [6.07, 6.45) is 0. The summed E-state index contributed by atoms with van der Waals surface area (Å²) in [5.74, 6) is 0. The number of hydrogen-bond donors (Lipinski definition) is 0. The Kier molecular flexibility index (Phi) is 6.21. The maximum absolute atomic E-state index is 7.13. The van der Waals surface area contributed by atoms with Crippen LogP contribution in [0.3, 0.4) is 0 Å². The van der Waals surface area contributed by atoms with Gasteiger partial charge in [-0.2, -0.15) is 5.16 Å². The molecule has 0 aromatic heterocycles. The van der Waals surface area contributed by atoms with Gasteiger partial charge >= 0.3 is 0 Å². The Balaban J connectivity index is 0.000000236. The van der Waals surface area contributed by atoms with Crippen molar-refractivity contribution in [3.63, 3.8) is 0 Å². The number of thiocarbonyl (C=S) groups is 1. The van der Waals surface area contributed by atoms with Gasteiger partial charge in [0.05, 0.1) is 5.30 Å². The lowest BCUT2D eigenvalue weighted by molar-refractivity contribution is 1.78. The summed E-state index contributed by atoms with van der Waals surface area (Å²) in [5.41, 5.74) is 0. The molecule has 0 radical (unpaired) electrons. The first kappa shape index (κ1) is 9.45. The van der Waals surface area contributed by atoms with Crippen molar-refractivity contribution >= 4 is 31.9 Å². The molecule has 1 unspecified atom stereocenters. The van der Waals surface area contributed by atoms with Crippen molar-refractivity contribution in [2.45, 2.75) is 0 Å². The van der Waals surface area contributed by atoms with Crippen molar-refractivity contribution in [1.82, 2.24) is 0 Å². The molecule has 1 atom stereocenters. The molecule has 0 heterocycles. The topological polar surface area (TPSA) is 22.3 Å². The van der Waals surface area contributed by atoms with Crippen LogP contribution in [0.2, 0.25) is 0 Å². The van der Waals surface area contributed by atoms with Crippen LogP contribution in [0.25, 0.3) is 5.41 Å². The Morgan fingerprint density at radius 1 is 1.30 bits per heavy atom. The molecule has 0 saturated heterocycles. The van der Waals surface area contributed by atoms with E-state index in [0.717, 1.165) is 0 Å². The number of rotatable bonds is 0. The molecule has 1 aromatic rings. The molecule has 0 fully saturated rings. The largest absolute Gasteiger partial charge is 0.753 e. The van der Waals surface area contributed by atoms with Gasteiger partial charge in [-0.15, -0.1) is 0 Å². The summed E-state index contributed by atoms with van der Waals surface area (Å²) in [5, 5.41) is 9.82. The molecular formula is C7H8NPS. The van der Waals surface area contributed by atoms with Gasteiger partial charge in [-0.05, 0) is 12.1 Å². The summed E-state index contributed by atoms with van der Waals surface area (Å²) >= 11 is 3.70. The normalized spacial score (nSPS) is 7.20. The second-order valence-corrected chi connectivity index (χ2v) is 2.58. The van der Waals surface area contributed by atoms with E-state index < -0.39 is 0 Å². The van der Waals surface area contributed by atoms with Crippen LogP contribution in [0.15, 0.2) is 30.3 Å². The highest BCUT2D eigenvalue weighted by molar-refractivity contribution is 7.78. The first-order valence-corrected chi connectivity index (χ1v) is 3.81. The van der Waals surface area contributed by atoms with E-state index in [2.05, 4.69) is 24.4 Å². The van der Waals surface area contributed by atoms with E-state index >= 15 is 0 Å². The zero-order valence-electron chi connectivity index (χ0n) is 5.45. The molecule has 0 aliphatic rings. The van der Waals surface area contributed by atoms with Gasteiger partial charge in [0.25, 0.3) is 0 Å². The van der Waals surface area contributed by atoms with Crippen molar-refractivity contribution in [1.29, 1.82) is 0 Å². The fourth-order valence-corrected chi connectivity index (χ4v) is 0.750. The molecule has 1 nitrogen and oxygen atoms in total. The predicted octanol–water partition coefficient (Wildman–Crippen LogP) is 1.58. The van der Waals surface area contributed by atoms with E-state index in [-0.39, 0.29) is 0 Å².